The molecule has 0 bridgehead atoms. The molecule has 2 amide bonds. The molecule has 2 rings (SSSR count). The van der Waals surface area contributed by atoms with Crippen molar-refractivity contribution >= 4 is 11.8 Å². The number of rotatable bonds is 5. The zero-order chi connectivity index (χ0) is 16.8. The Morgan fingerprint density at radius 1 is 1.22 bits per heavy atom. The summed E-state index contributed by atoms with van der Waals surface area (Å²) in [6, 6.07) is 0.481. The molecule has 1 N–H and O–H groups in total. The van der Waals surface area contributed by atoms with Crippen LogP contribution in [0, 0.1) is 5.92 Å². The lowest BCUT2D eigenvalue weighted by Gasteiger charge is -2.30. The smallest absolute Gasteiger partial charge is 0.234 e. The Balaban J connectivity index is 1.85. The van der Waals surface area contributed by atoms with Gasteiger partial charge in [0.1, 0.15) is 0 Å². The van der Waals surface area contributed by atoms with E-state index in [1.807, 2.05) is 4.90 Å². The van der Waals surface area contributed by atoms with E-state index < -0.39 is 0 Å². The number of hydrogen-bond acceptors (Lipinski definition) is 4. The van der Waals surface area contributed by atoms with Gasteiger partial charge in [-0.25, -0.2) is 0 Å². The molecular formula is C17H30N4O2. The van der Waals surface area contributed by atoms with Crippen LogP contribution in [0.15, 0.2) is 12.7 Å². The first kappa shape index (κ1) is 17.9. The minimum atomic E-state index is 0.0661. The molecule has 2 atom stereocenters. The van der Waals surface area contributed by atoms with E-state index in [1.165, 1.54) is 0 Å². The van der Waals surface area contributed by atoms with Crippen LogP contribution in [0.4, 0.5) is 0 Å². The summed E-state index contributed by atoms with van der Waals surface area (Å²) in [7, 11) is 0. The quantitative estimate of drug-likeness (QED) is 0.733. The standard InChI is InChI=1S/C17H30N4O2/c1-4-6-18-17(23)13-19-11-14(2)16(12-19)21-8-5-7-20(9-10-21)15(3)22/h4,14,16H,1,5-13H2,2-3H3,(H,18,23)/t14-,16-/m0/s1. The van der Waals surface area contributed by atoms with Gasteiger partial charge in [0, 0.05) is 58.8 Å². The van der Waals surface area contributed by atoms with Crippen molar-refractivity contribution in [1.82, 2.24) is 20.0 Å². The zero-order valence-corrected chi connectivity index (χ0v) is 14.5. The van der Waals surface area contributed by atoms with Crippen LogP contribution < -0.4 is 5.32 Å². The Morgan fingerprint density at radius 3 is 2.70 bits per heavy atom. The third-order valence-corrected chi connectivity index (χ3v) is 4.90. The average Bonchev–Trinajstić information content (AvgIpc) is 2.73. The summed E-state index contributed by atoms with van der Waals surface area (Å²) < 4.78 is 0. The average molecular weight is 322 g/mol. The van der Waals surface area contributed by atoms with Crippen LogP contribution in [-0.2, 0) is 9.59 Å². The van der Waals surface area contributed by atoms with Crippen molar-refractivity contribution in [3.05, 3.63) is 12.7 Å². The molecule has 2 aliphatic rings. The van der Waals surface area contributed by atoms with Crippen molar-refractivity contribution in [2.75, 3.05) is 52.4 Å². The fraction of sp³-hybridized carbons (Fsp3) is 0.765. The highest BCUT2D eigenvalue weighted by Crippen LogP contribution is 2.22. The van der Waals surface area contributed by atoms with Gasteiger partial charge in [0.2, 0.25) is 11.8 Å². The van der Waals surface area contributed by atoms with Gasteiger partial charge in [-0.05, 0) is 12.3 Å². The molecule has 2 heterocycles. The second-order valence-corrected chi connectivity index (χ2v) is 6.73. The van der Waals surface area contributed by atoms with Crippen LogP contribution >= 0.6 is 0 Å². The SMILES string of the molecule is C=CCNC(=O)CN1C[C@H](C)[C@@H](N2CCCN(C(C)=O)CC2)C1. The maximum absolute atomic E-state index is 11.9. The third-order valence-electron chi connectivity index (χ3n) is 4.90. The van der Waals surface area contributed by atoms with Crippen molar-refractivity contribution in [2.24, 2.45) is 5.92 Å². The van der Waals surface area contributed by atoms with Crippen molar-refractivity contribution in [1.29, 1.82) is 0 Å². The summed E-state index contributed by atoms with van der Waals surface area (Å²) in [6.45, 7) is 14.1. The number of hydrogen-bond donors (Lipinski definition) is 1. The lowest BCUT2D eigenvalue weighted by molar-refractivity contribution is -0.128. The number of nitrogens with one attached hydrogen (secondary N) is 1. The number of amides is 2. The maximum Gasteiger partial charge on any atom is 0.234 e. The van der Waals surface area contributed by atoms with Crippen molar-refractivity contribution < 1.29 is 9.59 Å². The predicted molar refractivity (Wildman–Crippen MR) is 91.0 cm³/mol. The topological polar surface area (TPSA) is 55.9 Å². The molecule has 0 aromatic carbocycles. The Bertz CT molecular complexity index is 440. The van der Waals surface area contributed by atoms with E-state index in [9.17, 15) is 9.59 Å². The molecular weight excluding hydrogens is 292 g/mol. The summed E-state index contributed by atoms with van der Waals surface area (Å²) in [6.07, 6.45) is 2.73. The normalized spacial score (nSPS) is 26.8. The fourth-order valence-corrected chi connectivity index (χ4v) is 3.68. The van der Waals surface area contributed by atoms with E-state index in [4.69, 9.17) is 0 Å². The first-order chi connectivity index (χ1) is 11.0. The van der Waals surface area contributed by atoms with E-state index in [-0.39, 0.29) is 11.8 Å². The summed E-state index contributed by atoms with van der Waals surface area (Å²) in [4.78, 5) is 30.1. The van der Waals surface area contributed by atoms with Gasteiger partial charge in [0.25, 0.3) is 0 Å². The molecule has 0 spiro atoms. The van der Waals surface area contributed by atoms with Crippen molar-refractivity contribution in [3.63, 3.8) is 0 Å². The molecule has 23 heavy (non-hydrogen) atoms. The lowest BCUT2D eigenvalue weighted by Crippen LogP contribution is -2.43. The molecule has 0 aromatic rings. The minimum absolute atomic E-state index is 0.0661. The summed E-state index contributed by atoms with van der Waals surface area (Å²) >= 11 is 0. The monoisotopic (exact) mass is 322 g/mol. The molecule has 2 aliphatic heterocycles. The molecule has 0 aromatic heterocycles. The molecule has 2 fully saturated rings. The molecule has 6 heteroatoms. The van der Waals surface area contributed by atoms with Gasteiger partial charge in [0.05, 0.1) is 6.54 Å². The van der Waals surface area contributed by atoms with Gasteiger partial charge in [-0.3, -0.25) is 19.4 Å². The number of nitrogens with zero attached hydrogens (tertiary/aromatic N) is 3. The van der Waals surface area contributed by atoms with Gasteiger partial charge in [-0.15, -0.1) is 6.58 Å². The van der Waals surface area contributed by atoms with Crippen LogP contribution in [0.5, 0.6) is 0 Å². The molecule has 130 valence electrons. The second kappa shape index (κ2) is 8.45. The Kier molecular flexibility index (Phi) is 6.59. The molecule has 0 aliphatic carbocycles. The van der Waals surface area contributed by atoms with Gasteiger partial charge >= 0.3 is 0 Å². The van der Waals surface area contributed by atoms with Gasteiger partial charge in [-0.1, -0.05) is 13.0 Å². The number of carbonyl (C=O) groups excluding carboxylic acids is 2. The lowest BCUT2D eigenvalue weighted by atomic mass is 10.0. The third kappa shape index (κ3) is 5.04. The number of likely N-dealkylation sites (tertiary alicyclic amines) is 1. The van der Waals surface area contributed by atoms with E-state index in [0.717, 1.165) is 45.7 Å². The highest BCUT2D eigenvalue weighted by Gasteiger charge is 2.35. The van der Waals surface area contributed by atoms with Crippen molar-refractivity contribution in [2.45, 2.75) is 26.3 Å². The summed E-state index contributed by atoms with van der Waals surface area (Å²) in [5.74, 6) is 0.786. The molecule has 6 nitrogen and oxygen atoms in total. The molecule has 0 radical (unpaired) electrons. The van der Waals surface area contributed by atoms with Crippen LogP contribution in [0.1, 0.15) is 20.3 Å². The summed E-state index contributed by atoms with van der Waals surface area (Å²) in [5, 5.41) is 2.84. The fourth-order valence-electron chi connectivity index (χ4n) is 3.68. The van der Waals surface area contributed by atoms with Crippen LogP contribution in [0.25, 0.3) is 0 Å². The van der Waals surface area contributed by atoms with Gasteiger partial charge in [-0.2, -0.15) is 0 Å². The molecule has 0 saturated carbocycles. The highest BCUT2D eigenvalue weighted by molar-refractivity contribution is 5.78. The first-order valence-electron chi connectivity index (χ1n) is 8.60. The van der Waals surface area contributed by atoms with Crippen LogP contribution in [0.2, 0.25) is 0 Å². The van der Waals surface area contributed by atoms with Crippen molar-refractivity contribution in [3.8, 4) is 0 Å². The van der Waals surface area contributed by atoms with Gasteiger partial charge < -0.3 is 10.2 Å². The summed E-state index contributed by atoms with van der Waals surface area (Å²) in [5.41, 5.74) is 0. The number of carbonyl (C=O) groups is 2. The van der Waals surface area contributed by atoms with Crippen LogP contribution in [-0.4, -0.2) is 84.9 Å². The van der Waals surface area contributed by atoms with Gasteiger partial charge in [0.15, 0.2) is 0 Å². The van der Waals surface area contributed by atoms with Crippen LogP contribution in [0.3, 0.4) is 0 Å². The zero-order valence-electron chi connectivity index (χ0n) is 14.5. The Morgan fingerprint density at radius 2 is 2.00 bits per heavy atom. The van der Waals surface area contributed by atoms with E-state index in [2.05, 4.69) is 28.6 Å². The van der Waals surface area contributed by atoms with E-state index in [1.54, 1.807) is 13.0 Å². The molecule has 0 unspecified atom stereocenters. The second-order valence-electron chi connectivity index (χ2n) is 6.73. The molecule has 2 saturated heterocycles. The minimum Gasteiger partial charge on any atom is -0.352 e. The van der Waals surface area contributed by atoms with E-state index >= 15 is 0 Å². The Labute approximate surface area is 139 Å². The Hall–Kier alpha value is -1.40. The van der Waals surface area contributed by atoms with E-state index in [0.29, 0.717) is 25.0 Å². The largest absolute Gasteiger partial charge is 0.352 e. The highest BCUT2D eigenvalue weighted by atomic mass is 16.2. The first-order valence-corrected chi connectivity index (χ1v) is 8.60. The maximum atomic E-state index is 11.9. The predicted octanol–water partition coefficient (Wildman–Crippen LogP) is 0.163.